The maximum absolute atomic E-state index is 12.3. The number of fused-ring (bicyclic) bond motifs is 3. The van der Waals surface area contributed by atoms with Crippen LogP contribution in [0.3, 0.4) is 0 Å². The second-order valence-electron chi connectivity index (χ2n) is 6.92. The van der Waals surface area contributed by atoms with Gasteiger partial charge in [-0.2, -0.15) is 0 Å². The zero-order valence-corrected chi connectivity index (χ0v) is 16.0. The SMILES string of the molecule is O=C(Nc1ccc(COCCO)cc1)OCC1c2ccccc2-c2ccccc21. The summed E-state index contributed by atoms with van der Waals surface area (Å²) in [6.45, 7) is 1.01. The molecular formula is C24H23NO4. The van der Waals surface area contributed by atoms with Crippen molar-refractivity contribution in [3.63, 3.8) is 0 Å². The minimum atomic E-state index is -0.476. The second-order valence-corrected chi connectivity index (χ2v) is 6.92. The number of rotatable bonds is 7. The number of nitrogens with one attached hydrogen (secondary N) is 1. The smallest absolute Gasteiger partial charge is 0.411 e. The first kappa shape index (κ1) is 19.2. The average Bonchev–Trinajstić information content (AvgIpc) is 3.08. The Morgan fingerprint density at radius 1 is 0.897 bits per heavy atom. The van der Waals surface area contributed by atoms with Crippen LogP contribution >= 0.6 is 0 Å². The van der Waals surface area contributed by atoms with E-state index in [0.717, 1.165) is 5.56 Å². The molecule has 5 nitrogen and oxygen atoms in total. The molecule has 0 atom stereocenters. The lowest BCUT2D eigenvalue weighted by atomic mass is 9.98. The van der Waals surface area contributed by atoms with E-state index in [1.807, 2.05) is 36.4 Å². The molecule has 0 aromatic heterocycles. The molecule has 3 aromatic rings. The topological polar surface area (TPSA) is 67.8 Å². The van der Waals surface area contributed by atoms with Crippen molar-refractivity contribution in [2.45, 2.75) is 12.5 Å². The Morgan fingerprint density at radius 2 is 1.52 bits per heavy atom. The maximum atomic E-state index is 12.3. The lowest BCUT2D eigenvalue weighted by molar-refractivity contribution is 0.0815. The van der Waals surface area contributed by atoms with Crippen molar-refractivity contribution < 1.29 is 19.4 Å². The van der Waals surface area contributed by atoms with Gasteiger partial charge in [-0.3, -0.25) is 5.32 Å². The number of ether oxygens (including phenoxy) is 2. The Labute approximate surface area is 169 Å². The molecule has 4 rings (SSSR count). The Balaban J connectivity index is 1.36. The molecule has 1 amide bonds. The highest BCUT2D eigenvalue weighted by Gasteiger charge is 2.28. The van der Waals surface area contributed by atoms with E-state index >= 15 is 0 Å². The lowest BCUT2D eigenvalue weighted by Gasteiger charge is -2.14. The highest BCUT2D eigenvalue weighted by atomic mass is 16.5. The molecule has 0 saturated carbocycles. The number of amides is 1. The number of carbonyl (C=O) groups is 1. The standard InChI is InChI=1S/C24H23NO4/c26-13-14-28-15-17-9-11-18(12-10-17)25-24(27)29-16-23-21-7-3-1-5-19(21)20-6-2-4-8-22(20)23/h1-12,23,26H,13-16H2,(H,25,27). The van der Waals surface area contributed by atoms with Crippen molar-refractivity contribution in [1.29, 1.82) is 0 Å². The largest absolute Gasteiger partial charge is 0.448 e. The monoisotopic (exact) mass is 389 g/mol. The number of aliphatic hydroxyl groups is 1. The van der Waals surface area contributed by atoms with Gasteiger partial charge in [0, 0.05) is 11.6 Å². The van der Waals surface area contributed by atoms with Crippen LogP contribution in [0.1, 0.15) is 22.6 Å². The van der Waals surface area contributed by atoms with E-state index in [1.54, 1.807) is 12.1 Å². The summed E-state index contributed by atoms with van der Waals surface area (Å²) in [4.78, 5) is 12.3. The molecule has 1 aliphatic rings. The lowest BCUT2D eigenvalue weighted by Crippen LogP contribution is -2.17. The van der Waals surface area contributed by atoms with Gasteiger partial charge in [-0.1, -0.05) is 60.7 Å². The molecule has 0 fully saturated rings. The number of benzene rings is 3. The maximum Gasteiger partial charge on any atom is 0.411 e. The summed E-state index contributed by atoms with van der Waals surface area (Å²) < 4.78 is 10.8. The zero-order valence-electron chi connectivity index (χ0n) is 16.0. The summed E-state index contributed by atoms with van der Waals surface area (Å²) >= 11 is 0. The average molecular weight is 389 g/mol. The Hall–Kier alpha value is -3.15. The number of hydrogen-bond donors (Lipinski definition) is 2. The third-order valence-electron chi connectivity index (χ3n) is 5.05. The molecule has 5 heteroatoms. The summed E-state index contributed by atoms with van der Waals surface area (Å²) in [5, 5.41) is 11.5. The molecule has 3 aromatic carbocycles. The van der Waals surface area contributed by atoms with E-state index in [9.17, 15) is 4.79 Å². The highest BCUT2D eigenvalue weighted by Crippen LogP contribution is 2.44. The number of anilines is 1. The van der Waals surface area contributed by atoms with Crippen LogP contribution in [0.25, 0.3) is 11.1 Å². The summed E-state index contributed by atoms with van der Waals surface area (Å²) in [5.41, 5.74) is 6.42. The predicted octanol–water partition coefficient (Wildman–Crippen LogP) is 4.56. The minimum absolute atomic E-state index is 0.00141. The van der Waals surface area contributed by atoms with Crippen molar-refractivity contribution in [3.8, 4) is 11.1 Å². The summed E-state index contributed by atoms with van der Waals surface area (Å²) in [5.74, 6) is 0.0409. The first-order chi connectivity index (χ1) is 14.3. The van der Waals surface area contributed by atoms with Gasteiger partial charge in [-0.15, -0.1) is 0 Å². The fourth-order valence-corrected chi connectivity index (χ4v) is 3.69. The Morgan fingerprint density at radius 3 is 2.14 bits per heavy atom. The molecule has 2 N–H and O–H groups in total. The van der Waals surface area contributed by atoms with Gasteiger partial charge >= 0.3 is 6.09 Å². The van der Waals surface area contributed by atoms with E-state index in [0.29, 0.717) is 18.9 Å². The van der Waals surface area contributed by atoms with Gasteiger partial charge in [0.25, 0.3) is 0 Å². The van der Waals surface area contributed by atoms with Crippen LogP contribution < -0.4 is 5.32 Å². The van der Waals surface area contributed by atoms with E-state index in [1.165, 1.54) is 22.3 Å². The molecule has 0 unspecified atom stereocenters. The summed E-state index contributed by atoms with van der Waals surface area (Å²) in [6.07, 6.45) is -0.476. The molecule has 29 heavy (non-hydrogen) atoms. The minimum Gasteiger partial charge on any atom is -0.448 e. The third-order valence-corrected chi connectivity index (χ3v) is 5.05. The van der Waals surface area contributed by atoms with E-state index in [2.05, 4.69) is 29.6 Å². The summed E-state index contributed by atoms with van der Waals surface area (Å²) in [7, 11) is 0. The molecule has 1 aliphatic carbocycles. The number of carbonyl (C=O) groups excluding carboxylic acids is 1. The normalized spacial score (nSPS) is 12.3. The highest BCUT2D eigenvalue weighted by molar-refractivity contribution is 5.85. The number of aliphatic hydroxyl groups excluding tert-OH is 1. The van der Waals surface area contributed by atoms with Crippen molar-refractivity contribution in [3.05, 3.63) is 89.5 Å². The quantitative estimate of drug-likeness (QED) is 0.582. The van der Waals surface area contributed by atoms with Gasteiger partial charge in [0.1, 0.15) is 6.61 Å². The van der Waals surface area contributed by atoms with Crippen LogP contribution in [0.5, 0.6) is 0 Å². The molecule has 148 valence electrons. The molecule has 0 aliphatic heterocycles. The second kappa shape index (κ2) is 8.90. The Bertz CT molecular complexity index is 939. The van der Waals surface area contributed by atoms with Crippen LogP contribution in [0, 0.1) is 0 Å². The van der Waals surface area contributed by atoms with Crippen LogP contribution in [-0.2, 0) is 16.1 Å². The molecule has 0 saturated heterocycles. The van der Waals surface area contributed by atoms with Crippen molar-refractivity contribution in [2.24, 2.45) is 0 Å². The molecular weight excluding hydrogens is 366 g/mol. The number of hydrogen-bond acceptors (Lipinski definition) is 4. The molecule has 0 heterocycles. The van der Waals surface area contributed by atoms with Crippen molar-refractivity contribution >= 4 is 11.8 Å². The molecule has 0 radical (unpaired) electrons. The first-order valence-corrected chi connectivity index (χ1v) is 9.66. The van der Waals surface area contributed by atoms with Gasteiger partial charge in [-0.25, -0.2) is 4.79 Å². The fraction of sp³-hybridized carbons (Fsp3) is 0.208. The van der Waals surface area contributed by atoms with Gasteiger partial charge in [0.05, 0.1) is 19.8 Å². The van der Waals surface area contributed by atoms with Gasteiger partial charge in [0.15, 0.2) is 0 Å². The molecule has 0 bridgehead atoms. The van der Waals surface area contributed by atoms with E-state index in [4.69, 9.17) is 14.6 Å². The fourth-order valence-electron chi connectivity index (χ4n) is 3.69. The first-order valence-electron chi connectivity index (χ1n) is 9.66. The van der Waals surface area contributed by atoms with Gasteiger partial charge in [-0.05, 0) is 39.9 Å². The van der Waals surface area contributed by atoms with Gasteiger partial charge in [0.2, 0.25) is 0 Å². The summed E-state index contributed by atoms with van der Waals surface area (Å²) in [6, 6.07) is 23.9. The molecule has 0 spiro atoms. The third kappa shape index (κ3) is 4.31. The van der Waals surface area contributed by atoms with Crippen LogP contribution in [-0.4, -0.2) is 31.0 Å². The van der Waals surface area contributed by atoms with Gasteiger partial charge < -0.3 is 14.6 Å². The zero-order chi connectivity index (χ0) is 20.1. The van der Waals surface area contributed by atoms with Crippen LogP contribution in [0.4, 0.5) is 10.5 Å². The van der Waals surface area contributed by atoms with Crippen LogP contribution in [0.2, 0.25) is 0 Å². The van der Waals surface area contributed by atoms with Crippen LogP contribution in [0.15, 0.2) is 72.8 Å². The van der Waals surface area contributed by atoms with E-state index < -0.39 is 6.09 Å². The van der Waals surface area contributed by atoms with Crippen molar-refractivity contribution in [1.82, 2.24) is 0 Å². The van der Waals surface area contributed by atoms with E-state index in [-0.39, 0.29) is 19.1 Å². The predicted molar refractivity (Wildman–Crippen MR) is 112 cm³/mol. The Kier molecular flexibility index (Phi) is 5.89. The van der Waals surface area contributed by atoms with Crippen molar-refractivity contribution in [2.75, 3.05) is 25.1 Å².